The molecule has 2 rings (SSSR count). The maximum atomic E-state index is 12.1. The number of hydrogen-bond donors (Lipinski definition) is 3. The van der Waals surface area contributed by atoms with E-state index in [9.17, 15) is 9.59 Å². The van der Waals surface area contributed by atoms with E-state index in [0.717, 1.165) is 25.7 Å². The van der Waals surface area contributed by atoms with Crippen LogP contribution < -0.4 is 21.1 Å². The summed E-state index contributed by atoms with van der Waals surface area (Å²) >= 11 is 0. The van der Waals surface area contributed by atoms with Gasteiger partial charge in [0.1, 0.15) is 5.75 Å². The Hall–Kier alpha value is -1.95. The highest BCUT2D eigenvalue weighted by atomic mass is 35.5. The van der Waals surface area contributed by atoms with Crippen molar-refractivity contribution in [2.75, 3.05) is 18.2 Å². The lowest BCUT2D eigenvalue weighted by molar-refractivity contribution is -0.125. The van der Waals surface area contributed by atoms with Gasteiger partial charge in [-0.25, -0.2) is 0 Å². The first-order chi connectivity index (χ1) is 11.0. The Balaban J connectivity index is 0.00000288. The van der Waals surface area contributed by atoms with Crippen molar-refractivity contribution in [3.63, 3.8) is 0 Å². The number of carbonyl (C=O) groups excluding carboxylic acids is 2. The van der Waals surface area contributed by atoms with Crippen LogP contribution in [0.5, 0.6) is 5.75 Å². The second-order valence-corrected chi connectivity index (χ2v) is 6.10. The van der Waals surface area contributed by atoms with Crippen molar-refractivity contribution >= 4 is 35.6 Å². The molecule has 1 fully saturated rings. The number of carbonyl (C=O) groups is 2. The van der Waals surface area contributed by atoms with Gasteiger partial charge in [0.15, 0.2) is 0 Å². The molecule has 1 aromatic rings. The number of amides is 2. The van der Waals surface area contributed by atoms with Crippen LogP contribution in [0.15, 0.2) is 18.2 Å². The van der Waals surface area contributed by atoms with Crippen LogP contribution in [0.2, 0.25) is 0 Å². The first kappa shape index (κ1) is 20.1. The highest BCUT2D eigenvalue weighted by Gasteiger charge is 2.24. The van der Waals surface area contributed by atoms with Gasteiger partial charge in [-0.1, -0.05) is 12.8 Å². The zero-order chi connectivity index (χ0) is 16.8. The normalized spacial score (nSPS) is 15.2. The number of ether oxygens (including phenoxy) is 1. The fourth-order valence-corrected chi connectivity index (χ4v) is 2.85. The molecule has 1 unspecified atom stereocenters. The SMILES string of the molecule is COc1ccc(N)c(NC(=O)CC(C)NC(=O)C2CCCC2)c1.Cl. The van der Waals surface area contributed by atoms with E-state index in [1.54, 1.807) is 25.3 Å². The molecular formula is C17H26ClN3O3. The smallest absolute Gasteiger partial charge is 0.226 e. The summed E-state index contributed by atoms with van der Waals surface area (Å²) in [7, 11) is 1.55. The minimum Gasteiger partial charge on any atom is -0.497 e. The average molecular weight is 356 g/mol. The van der Waals surface area contributed by atoms with Gasteiger partial charge in [0.05, 0.1) is 18.5 Å². The summed E-state index contributed by atoms with van der Waals surface area (Å²) in [6.07, 6.45) is 4.33. The number of methoxy groups -OCH3 is 1. The number of nitrogens with two attached hydrogens (primary N) is 1. The Labute approximate surface area is 148 Å². The maximum absolute atomic E-state index is 12.1. The predicted octanol–water partition coefficient (Wildman–Crippen LogP) is 2.72. The van der Waals surface area contributed by atoms with Crippen LogP contribution in [-0.2, 0) is 9.59 Å². The van der Waals surface area contributed by atoms with Gasteiger partial charge in [0.2, 0.25) is 11.8 Å². The van der Waals surface area contributed by atoms with Crippen LogP contribution >= 0.6 is 12.4 Å². The summed E-state index contributed by atoms with van der Waals surface area (Å²) in [6, 6.07) is 4.87. The zero-order valence-corrected chi connectivity index (χ0v) is 14.9. The van der Waals surface area contributed by atoms with Crippen molar-refractivity contribution in [2.24, 2.45) is 5.92 Å². The summed E-state index contributed by atoms with van der Waals surface area (Å²) in [4.78, 5) is 24.2. The summed E-state index contributed by atoms with van der Waals surface area (Å²) in [5.74, 6) is 0.597. The van der Waals surface area contributed by atoms with Crippen LogP contribution in [0.25, 0.3) is 0 Å². The molecular weight excluding hydrogens is 330 g/mol. The van der Waals surface area contributed by atoms with Crippen molar-refractivity contribution in [2.45, 2.75) is 45.1 Å². The Morgan fingerprint density at radius 1 is 1.33 bits per heavy atom. The van der Waals surface area contributed by atoms with Crippen molar-refractivity contribution in [3.05, 3.63) is 18.2 Å². The molecule has 2 amide bonds. The van der Waals surface area contributed by atoms with Crippen LogP contribution in [-0.4, -0.2) is 25.0 Å². The molecule has 1 aliphatic rings. The van der Waals surface area contributed by atoms with Gasteiger partial charge in [0.25, 0.3) is 0 Å². The first-order valence-electron chi connectivity index (χ1n) is 8.03. The molecule has 1 aliphatic carbocycles. The van der Waals surface area contributed by atoms with E-state index in [1.165, 1.54) is 0 Å². The lowest BCUT2D eigenvalue weighted by Gasteiger charge is -2.17. The van der Waals surface area contributed by atoms with Gasteiger partial charge < -0.3 is 21.1 Å². The molecule has 7 heteroatoms. The molecule has 0 bridgehead atoms. The second kappa shape index (κ2) is 9.37. The van der Waals surface area contributed by atoms with Gasteiger partial charge >= 0.3 is 0 Å². The fourth-order valence-electron chi connectivity index (χ4n) is 2.85. The number of anilines is 2. The summed E-state index contributed by atoms with van der Waals surface area (Å²) in [5.41, 5.74) is 6.84. The van der Waals surface area contributed by atoms with E-state index in [2.05, 4.69) is 10.6 Å². The Kier molecular flexibility index (Phi) is 7.85. The molecule has 0 aromatic heterocycles. The molecule has 6 nitrogen and oxygen atoms in total. The molecule has 134 valence electrons. The van der Waals surface area contributed by atoms with Crippen LogP contribution in [0.4, 0.5) is 11.4 Å². The quantitative estimate of drug-likeness (QED) is 0.684. The van der Waals surface area contributed by atoms with Crippen molar-refractivity contribution < 1.29 is 14.3 Å². The minimum absolute atomic E-state index is 0. The third-order valence-electron chi connectivity index (χ3n) is 4.14. The van der Waals surface area contributed by atoms with Crippen LogP contribution in [0, 0.1) is 5.92 Å². The Morgan fingerprint density at radius 3 is 2.62 bits per heavy atom. The molecule has 0 aliphatic heterocycles. The summed E-state index contributed by atoms with van der Waals surface area (Å²) in [5, 5.41) is 5.68. The van der Waals surface area contributed by atoms with Crippen molar-refractivity contribution in [1.29, 1.82) is 0 Å². The lowest BCUT2D eigenvalue weighted by atomic mass is 10.1. The van der Waals surface area contributed by atoms with Crippen LogP contribution in [0.1, 0.15) is 39.0 Å². The van der Waals surface area contributed by atoms with Crippen molar-refractivity contribution in [3.8, 4) is 5.75 Å². The molecule has 0 radical (unpaired) electrons. The summed E-state index contributed by atoms with van der Waals surface area (Å²) in [6.45, 7) is 1.83. The third-order valence-corrected chi connectivity index (χ3v) is 4.14. The Morgan fingerprint density at radius 2 is 2.00 bits per heavy atom. The highest BCUT2D eigenvalue weighted by Crippen LogP contribution is 2.25. The van der Waals surface area contributed by atoms with E-state index < -0.39 is 0 Å². The minimum atomic E-state index is -0.213. The first-order valence-corrected chi connectivity index (χ1v) is 8.03. The second-order valence-electron chi connectivity index (χ2n) is 6.10. The van der Waals surface area contributed by atoms with Gasteiger partial charge in [-0.3, -0.25) is 9.59 Å². The number of halogens is 1. The lowest BCUT2D eigenvalue weighted by Crippen LogP contribution is -2.38. The molecule has 24 heavy (non-hydrogen) atoms. The number of nitrogen functional groups attached to an aromatic ring is 1. The molecule has 0 spiro atoms. The maximum Gasteiger partial charge on any atom is 0.226 e. The van der Waals surface area contributed by atoms with Crippen molar-refractivity contribution in [1.82, 2.24) is 5.32 Å². The fraction of sp³-hybridized carbons (Fsp3) is 0.529. The number of hydrogen-bond acceptors (Lipinski definition) is 4. The number of benzene rings is 1. The van der Waals surface area contributed by atoms with E-state index in [4.69, 9.17) is 10.5 Å². The van der Waals surface area contributed by atoms with E-state index >= 15 is 0 Å². The highest BCUT2D eigenvalue weighted by molar-refractivity contribution is 5.94. The standard InChI is InChI=1S/C17H25N3O3.ClH/c1-11(19-17(22)12-5-3-4-6-12)9-16(21)20-15-10-13(23-2)7-8-14(15)18;/h7-8,10-12H,3-6,9,18H2,1-2H3,(H,19,22)(H,20,21);1H. The molecule has 0 saturated heterocycles. The molecule has 1 aromatic carbocycles. The zero-order valence-electron chi connectivity index (χ0n) is 14.1. The average Bonchev–Trinajstić information content (AvgIpc) is 3.03. The van der Waals surface area contributed by atoms with E-state index in [0.29, 0.717) is 17.1 Å². The van der Waals surface area contributed by atoms with Gasteiger partial charge in [-0.2, -0.15) is 0 Å². The monoisotopic (exact) mass is 355 g/mol. The van der Waals surface area contributed by atoms with E-state index in [1.807, 2.05) is 6.92 Å². The summed E-state index contributed by atoms with van der Waals surface area (Å²) < 4.78 is 5.12. The molecule has 0 heterocycles. The molecule has 1 atom stereocenters. The van der Waals surface area contributed by atoms with Gasteiger partial charge in [-0.05, 0) is 31.9 Å². The Bertz CT molecular complexity index is 574. The van der Waals surface area contributed by atoms with E-state index in [-0.39, 0.29) is 42.6 Å². The van der Waals surface area contributed by atoms with Gasteiger partial charge in [-0.15, -0.1) is 12.4 Å². The molecule has 4 N–H and O–H groups in total. The number of nitrogens with one attached hydrogen (secondary N) is 2. The topological polar surface area (TPSA) is 93.4 Å². The third kappa shape index (κ3) is 5.60. The predicted molar refractivity (Wildman–Crippen MR) is 97.5 cm³/mol. The van der Waals surface area contributed by atoms with Gasteiger partial charge in [0, 0.05) is 24.4 Å². The number of rotatable bonds is 6. The van der Waals surface area contributed by atoms with Crippen LogP contribution in [0.3, 0.4) is 0 Å². The molecule has 1 saturated carbocycles. The largest absolute Gasteiger partial charge is 0.497 e.